The van der Waals surface area contributed by atoms with Gasteiger partial charge in [-0.3, -0.25) is 13.4 Å². The fourth-order valence-electron chi connectivity index (χ4n) is 1.60. The van der Waals surface area contributed by atoms with Gasteiger partial charge in [0.05, 0.1) is 24.4 Å². The third-order valence-electron chi connectivity index (χ3n) is 2.44. The third-order valence-corrected chi connectivity index (χ3v) is 4.02. The van der Waals surface area contributed by atoms with Crippen LogP contribution in [0.2, 0.25) is 0 Å². The lowest BCUT2D eigenvalue weighted by Crippen LogP contribution is -2.37. The fraction of sp³-hybridized carbons (Fsp3) is 0.300. The zero-order valence-corrected chi connectivity index (χ0v) is 9.76. The van der Waals surface area contributed by atoms with E-state index in [4.69, 9.17) is 9.84 Å². The Morgan fingerprint density at radius 3 is 2.47 bits per heavy atom. The van der Waals surface area contributed by atoms with Crippen molar-refractivity contribution in [2.75, 3.05) is 23.4 Å². The van der Waals surface area contributed by atoms with E-state index in [-0.39, 0.29) is 11.5 Å². The second-order valence-electron chi connectivity index (χ2n) is 3.61. The van der Waals surface area contributed by atoms with Gasteiger partial charge in [0.25, 0.3) is 0 Å². The molecule has 1 aromatic rings. The molecule has 0 saturated carbocycles. The van der Waals surface area contributed by atoms with Crippen LogP contribution in [0, 0.1) is 0 Å². The average molecular weight is 259 g/mol. The first-order chi connectivity index (χ1) is 8.00. The first-order valence-electron chi connectivity index (χ1n) is 4.95. The second kappa shape index (κ2) is 4.53. The van der Waals surface area contributed by atoms with Gasteiger partial charge in [-0.25, -0.2) is 4.79 Å². The van der Waals surface area contributed by atoms with Crippen LogP contribution in [-0.2, 0) is 4.74 Å². The molecule has 1 fully saturated rings. The van der Waals surface area contributed by atoms with Crippen LogP contribution >= 0.6 is 10.8 Å². The highest BCUT2D eigenvalue weighted by Gasteiger charge is 2.27. The van der Waals surface area contributed by atoms with Crippen molar-refractivity contribution in [1.82, 2.24) is 0 Å². The predicted octanol–water partition coefficient (Wildman–Crippen LogP) is 1.84. The first kappa shape index (κ1) is 12.2. The molecule has 1 aliphatic heterocycles. The topological polar surface area (TPSA) is 90.2 Å². The van der Waals surface area contributed by atoms with Crippen molar-refractivity contribution in [3.8, 4) is 0 Å². The largest absolute Gasteiger partial charge is 0.478 e. The van der Waals surface area contributed by atoms with E-state index in [2.05, 4.69) is 0 Å². The normalized spacial score (nSPS) is 20.9. The molecule has 0 spiro atoms. The molecule has 2 rings (SSSR count). The third kappa shape index (κ3) is 2.52. The highest BCUT2D eigenvalue weighted by Crippen LogP contribution is 2.47. The summed E-state index contributed by atoms with van der Waals surface area (Å²) in [5, 5.41) is 8.76. The van der Waals surface area contributed by atoms with Crippen LogP contribution in [0.4, 0.5) is 5.69 Å². The number of hydrogen-bond donors (Lipinski definition) is 3. The molecule has 3 N–H and O–H groups in total. The molecule has 0 aliphatic carbocycles. The van der Waals surface area contributed by atoms with Crippen molar-refractivity contribution in [2.24, 2.45) is 0 Å². The molecule has 7 heteroatoms. The van der Waals surface area contributed by atoms with Crippen molar-refractivity contribution >= 4 is 22.4 Å². The minimum Gasteiger partial charge on any atom is -0.478 e. The van der Waals surface area contributed by atoms with Gasteiger partial charge in [0, 0.05) is 0 Å². The maximum atomic E-state index is 10.7. The van der Waals surface area contributed by atoms with E-state index >= 15 is 0 Å². The highest BCUT2D eigenvalue weighted by molar-refractivity contribution is 8.25. The molecular weight excluding hydrogens is 246 g/mol. The number of benzene rings is 1. The summed E-state index contributed by atoms with van der Waals surface area (Å²) in [5.74, 6) is -1.13. The molecule has 6 nitrogen and oxygen atoms in total. The SMILES string of the molecule is O=C(O)c1ccc(N2CCOCS2(O)O)cc1. The van der Waals surface area contributed by atoms with Gasteiger partial charge in [-0.05, 0) is 24.3 Å². The molecule has 1 saturated heterocycles. The summed E-state index contributed by atoms with van der Waals surface area (Å²) >= 11 is 0. The number of hydrogen-bond acceptors (Lipinski definition) is 5. The maximum absolute atomic E-state index is 10.7. The molecule has 94 valence electrons. The minimum atomic E-state index is -2.95. The standard InChI is InChI=1S/C10H13NO5S/c12-10(13)8-1-3-9(4-2-8)11-5-6-16-7-17(11,14)15/h1-4,14-15H,5-7H2,(H,12,13). The molecule has 1 aromatic carbocycles. The smallest absolute Gasteiger partial charge is 0.335 e. The Kier molecular flexibility index (Phi) is 3.25. The van der Waals surface area contributed by atoms with Gasteiger partial charge < -0.3 is 9.84 Å². The summed E-state index contributed by atoms with van der Waals surface area (Å²) in [7, 11) is -2.95. The molecule has 0 radical (unpaired) electrons. The molecule has 0 amide bonds. The first-order valence-corrected chi connectivity index (χ1v) is 6.63. The van der Waals surface area contributed by atoms with Gasteiger partial charge in [-0.1, -0.05) is 10.8 Å². The number of carbonyl (C=O) groups is 1. The molecule has 0 atom stereocenters. The van der Waals surface area contributed by atoms with E-state index in [1.807, 2.05) is 0 Å². The number of ether oxygens (including phenoxy) is 1. The van der Waals surface area contributed by atoms with Gasteiger partial charge in [0.15, 0.2) is 5.94 Å². The van der Waals surface area contributed by atoms with E-state index in [9.17, 15) is 13.9 Å². The highest BCUT2D eigenvalue weighted by atomic mass is 32.3. The molecule has 0 unspecified atom stereocenters. The van der Waals surface area contributed by atoms with Gasteiger partial charge in [0.1, 0.15) is 0 Å². The average Bonchev–Trinajstić information content (AvgIpc) is 2.28. The minimum absolute atomic E-state index is 0.117. The van der Waals surface area contributed by atoms with Crippen molar-refractivity contribution in [3.63, 3.8) is 0 Å². The van der Waals surface area contributed by atoms with Gasteiger partial charge in [0.2, 0.25) is 0 Å². The number of carboxylic acid groups (broad SMARTS) is 1. The van der Waals surface area contributed by atoms with Crippen molar-refractivity contribution < 1.29 is 23.7 Å². The summed E-state index contributed by atoms with van der Waals surface area (Å²) in [6.45, 7) is 0.783. The van der Waals surface area contributed by atoms with Gasteiger partial charge >= 0.3 is 5.97 Å². The van der Waals surface area contributed by atoms with Crippen LogP contribution in [0.1, 0.15) is 10.4 Å². The van der Waals surface area contributed by atoms with Crippen LogP contribution in [0.3, 0.4) is 0 Å². The number of nitrogens with zero attached hydrogens (tertiary/aromatic N) is 1. The number of rotatable bonds is 2. The molecular formula is C10H13NO5S. The van der Waals surface area contributed by atoms with Crippen LogP contribution < -0.4 is 4.31 Å². The number of aromatic carboxylic acids is 1. The molecule has 17 heavy (non-hydrogen) atoms. The van der Waals surface area contributed by atoms with Crippen molar-refractivity contribution in [1.29, 1.82) is 0 Å². The Morgan fingerprint density at radius 1 is 1.29 bits per heavy atom. The van der Waals surface area contributed by atoms with Crippen LogP contribution in [0.15, 0.2) is 24.3 Å². The predicted molar refractivity (Wildman–Crippen MR) is 64.4 cm³/mol. The second-order valence-corrected chi connectivity index (χ2v) is 5.55. The number of carboxylic acids is 1. The Hall–Kier alpha value is -1.28. The van der Waals surface area contributed by atoms with E-state index in [0.29, 0.717) is 18.8 Å². The molecule has 1 heterocycles. The molecule has 1 aliphatic rings. The van der Waals surface area contributed by atoms with Crippen LogP contribution in [-0.4, -0.2) is 39.3 Å². The summed E-state index contributed by atoms with van der Waals surface area (Å²) in [6.07, 6.45) is 0. The monoisotopic (exact) mass is 259 g/mol. The lowest BCUT2D eigenvalue weighted by molar-refractivity contribution is 0.0697. The zero-order chi connectivity index (χ0) is 12.5. The van der Waals surface area contributed by atoms with Gasteiger partial charge in [-0.2, -0.15) is 0 Å². The Labute approximate surface area is 99.9 Å². The summed E-state index contributed by atoms with van der Waals surface area (Å²) in [4.78, 5) is 10.7. The Balaban J connectivity index is 2.24. The lowest BCUT2D eigenvalue weighted by Gasteiger charge is -2.46. The van der Waals surface area contributed by atoms with Crippen LogP contribution in [0.5, 0.6) is 0 Å². The Morgan fingerprint density at radius 2 is 1.94 bits per heavy atom. The van der Waals surface area contributed by atoms with E-state index in [1.54, 1.807) is 12.1 Å². The fourth-order valence-corrected chi connectivity index (χ4v) is 2.89. The van der Waals surface area contributed by atoms with E-state index < -0.39 is 16.7 Å². The van der Waals surface area contributed by atoms with Crippen molar-refractivity contribution in [2.45, 2.75) is 0 Å². The lowest BCUT2D eigenvalue weighted by atomic mass is 10.2. The molecule has 0 aromatic heterocycles. The Bertz CT molecular complexity index is 419. The quantitative estimate of drug-likeness (QED) is 0.751. The summed E-state index contributed by atoms with van der Waals surface area (Å²) in [5.41, 5.74) is 0.747. The maximum Gasteiger partial charge on any atom is 0.335 e. The summed E-state index contributed by atoms with van der Waals surface area (Å²) in [6, 6.07) is 5.98. The van der Waals surface area contributed by atoms with Crippen LogP contribution in [0.25, 0.3) is 0 Å². The summed E-state index contributed by atoms with van der Waals surface area (Å²) < 4.78 is 26.0. The van der Waals surface area contributed by atoms with E-state index in [1.165, 1.54) is 16.4 Å². The zero-order valence-electron chi connectivity index (χ0n) is 8.94. The van der Waals surface area contributed by atoms with Crippen molar-refractivity contribution in [3.05, 3.63) is 29.8 Å². The van der Waals surface area contributed by atoms with Gasteiger partial charge in [-0.15, -0.1) is 0 Å². The number of anilines is 1. The van der Waals surface area contributed by atoms with E-state index in [0.717, 1.165) is 0 Å². The molecule has 0 bridgehead atoms.